The molecule has 0 saturated carbocycles. The van der Waals surface area contributed by atoms with Crippen molar-refractivity contribution in [3.8, 4) is 5.75 Å². The van der Waals surface area contributed by atoms with Crippen molar-refractivity contribution in [1.82, 2.24) is 10.2 Å². The summed E-state index contributed by atoms with van der Waals surface area (Å²) < 4.78 is 6.07. The van der Waals surface area contributed by atoms with Crippen LogP contribution in [0.2, 0.25) is 5.02 Å². The summed E-state index contributed by atoms with van der Waals surface area (Å²) in [4.78, 5) is 2.40. The first-order valence-corrected chi connectivity index (χ1v) is 9.40. The minimum absolute atomic E-state index is 0.570. The second-order valence-corrected chi connectivity index (χ2v) is 6.61. The molecule has 3 nitrogen and oxygen atoms in total. The molecule has 0 fully saturated rings. The van der Waals surface area contributed by atoms with Crippen LogP contribution in [0.1, 0.15) is 30.5 Å². The molecular weight excluding hydrogens is 332 g/mol. The van der Waals surface area contributed by atoms with Crippen LogP contribution in [0.15, 0.2) is 42.5 Å². The van der Waals surface area contributed by atoms with Gasteiger partial charge in [-0.1, -0.05) is 49.7 Å². The van der Waals surface area contributed by atoms with Crippen molar-refractivity contribution in [3.05, 3.63) is 64.2 Å². The highest BCUT2D eigenvalue weighted by Gasteiger charge is 2.07. The van der Waals surface area contributed by atoms with Crippen LogP contribution in [-0.2, 0) is 13.2 Å². The van der Waals surface area contributed by atoms with Crippen molar-refractivity contribution in [3.63, 3.8) is 0 Å². The van der Waals surface area contributed by atoms with Gasteiger partial charge in [-0.2, -0.15) is 0 Å². The van der Waals surface area contributed by atoms with Crippen molar-refractivity contribution in [2.75, 3.05) is 26.2 Å². The first-order valence-electron chi connectivity index (χ1n) is 9.02. The van der Waals surface area contributed by atoms with E-state index in [-0.39, 0.29) is 0 Å². The maximum Gasteiger partial charge on any atom is 0.124 e. The second kappa shape index (κ2) is 10.4. The summed E-state index contributed by atoms with van der Waals surface area (Å²) >= 11 is 6.18. The molecule has 0 saturated heterocycles. The van der Waals surface area contributed by atoms with Gasteiger partial charge in [-0.3, -0.25) is 0 Å². The van der Waals surface area contributed by atoms with Crippen LogP contribution in [0.4, 0.5) is 0 Å². The van der Waals surface area contributed by atoms with Crippen molar-refractivity contribution in [2.24, 2.45) is 0 Å². The third kappa shape index (κ3) is 6.35. The van der Waals surface area contributed by atoms with Gasteiger partial charge in [0.15, 0.2) is 0 Å². The largest absolute Gasteiger partial charge is 0.489 e. The van der Waals surface area contributed by atoms with Crippen LogP contribution in [0.5, 0.6) is 5.75 Å². The van der Waals surface area contributed by atoms with Crippen LogP contribution in [0, 0.1) is 6.92 Å². The number of hydrogen-bond donors (Lipinski definition) is 1. The van der Waals surface area contributed by atoms with E-state index >= 15 is 0 Å². The van der Waals surface area contributed by atoms with Gasteiger partial charge in [-0.05, 0) is 49.3 Å². The van der Waals surface area contributed by atoms with Gasteiger partial charge < -0.3 is 15.0 Å². The summed E-state index contributed by atoms with van der Waals surface area (Å²) in [5.74, 6) is 0.892. The molecular formula is C21H29ClN2O. The Morgan fingerprint density at radius 3 is 2.52 bits per heavy atom. The number of ether oxygens (including phenoxy) is 1. The monoisotopic (exact) mass is 360 g/mol. The average molecular weight is 361 g/mol. The van der Waals surface area contributed by atoms with Crippen LogP contribution in [0.3, 0.4) is 0 Å². The van der Waals surface area contributed by atoms with Gasteiger partial charge >= 0.3 is 0 Å². The molecule has 2 aromatic rings. The van der Waals surface area contributed by atoms with E-state index in [0.29, 0.717) is 6.61 Å². The Bertz CT molecular complexity index is 656. The predicted molar refractivity (Wildman–Crippen MR) is 106 cm³/mol. The molecule has 0 aromatic heterocycles. The highest BCUT2D eigenvalue weighted by Crippen LogP contribution is 2.24. The molecule has 2 rings (SSSR count). The summed E-state index contributed by atoms with van der Waals surface area (Å²) in [6, 6.07) is 14.1. The fraction of sp³-hybridized carbons (Fsp3) is 0.429. The molecule has 0 aliphatic heterocycles. The molecule has 0 unspecified atom stereocenters. The fourth-order valence-electron chi connectivity index (χ4n) is 2.75. The van der Waals surface area contributed by atoms with Gasteiger partial charge in [-0.25, -0.2) is 0 Å². The maximum atomic E-state index is 6.18. The van der Waals surface area contributed by atoms with Gasteiger partial charge in [0.25, 0.3) is 0 Å². The molecule has 25 heavy (non-hydrogen) atoms. The van der Waals surface area contributed by atoms with E-state index in [1.165, 1.54) is 11.1 Å². The summed E-state index contributed by atoms with van der Waals surface area (Å²) in [5.41, 5.74) is 3.55. The van der Waals surface area contributed by atoms with E-state index in [1.807, 2.05) is 30.3 Å². The average Bonchev–Trinajstić information content (AvgIpc) is 2.62. The Kier molecular flexibility index (Phi) is 8.26. The minimum atomic E-state index is 0.570. The number of halogens is 1. The highest BCUT2D eigenvalue weighted by atomic mass is 35.5. The lowest BCUT2D eigenvalue weighted by Gasteiger charge is -2.18. The van der Waals surface area contributed by atoms with Gasteiger partial charge in [0.05, 0.1) is 0 Å². The molecule has 0 spiro atoms. The van der Waals surface area contributed by atoms with Crippen molar-refractivity contribution in [2.45, 2.75) is 33.9 Å². The van der Waals surface area contributed by atoms with E-state index < -0.39 is 0 Å². The Hall–Kier alpha value is -1.55. The zero-order chi connectivity index (χ0) is 18.1. The molecule has 0 heterocycles. The minimum Gasteiger partial charge on any atom is -0.489 e. The van der Waals surface area contributed by atoms with Gasteiger partial charge in [0.2, 0.25) is 0 Å². The molecule has 4 heteroatoms. The molecule has 0 bridgehead atoms. The van der Waals surface area contributed by atoms with Crippen LogP contribution in [-0.4, -0.2) is 31.1 Å². The number of nitrogens with one attached hydrogen (secondary N) is 1. The second-order valence-electron chi connectivity index (χ2n) is 6.17. The number of aryl methyl sites for hydroxylation is 1. The lowest BCUT2D eigenvalue weighted by molar-refractivity contribution is 0.295. The lowest BCUT2D eigenvalue weighted by atomic mass is 10.1. The zero-order valence-corrected chi connectivity index (χ0v) is 16.3. The standard InChI is InChI=1S/C21H29ClN2O/c1-4-24(5-2)13-12-23-15-19-14-20(22)10-11-21(19)25-16-18-9-7-6-8-17(18)3/h6-11,14,23H,4-5,12-13,15-16H2,1-3H3. The molecule has 0 aliphatic carbocycles. The smallest absolute Gasteiger partial charge is 0.124 e. The van der Waals surface area contributed by atoms with Gasteiger partial charge in [-0.15, -0.1) is 0 Å². The molecule has 0 radical (unpaired) electrons. The summed E-state index contributed by atoms with van der Waals surface area (Å²) in [7, 11) is 0. The highest BCUT2D eigenvalue weighted by molar-refractivity contribution is 6.30. The topological polar surface area (TPSA) is 24.5 Å². The van der Waals surface area contributed by atoms with Crippen molar-refractivity contribution in [1.29, 1.82) is 0 Å². The lowest BCUT2D eigenvalue weighted by Crippen LogP contribution is -2.31. The molecule has 136 valence electrons. The fourth-order valence-corrected chi connectivity index (χ4v) is 2.95. The van der Waals surface area contributed by atoms with E-state index in [4.69, 9.17) is 16.3 Å². The SMILES string of the molecule is CCN(CC)CCNCc1cc(Cl)ccc1OCc1ccccc1C. The van der Waals surface area contributed by atoms with Crippen LogP contribution >= 0.6 is 11.6 Å². The third-order valence-corrected chi connectivity index (χ3v) is 4.72. The number of likely N-dealkylation sites (N-methyl/N-ethyl adjacent to an activating group) is 1. The van der Waals surface area contributed by atoms with E-state index in [0.717, 1.165) is 49.1 Å². The van der Waals surface area contributed by atoms with Crippen molar-refractivity contribution < 1.29 is 4.74 Å². The maximum absolute atomic E-state index is 6.18. The van der Waals surface area contributed by atoms with E-state index in [2.05, 4.69) is 43.1 Å². The quantitative estimate of drug-likeness (QED) is 0.624. The van der Waals surface area contributed by atoms with Crippen molar-refractivity contribution >= 4 is 11.6 Å². The number of hydrogen-bond acceptors (Lipinski definition) is 3. The Morgan fingerprint density at radius 1 is 1.04 bits per heavy atom. The predicted octanol–water partition coefficient (Wildman–Crippen LogP) is 4.66. The molecule has 0 amide bonds. The van der Waals surface area contributed by atoms with Crippen LogP contribution < -0.4 is 10.1 Å². The number of nitrogens with zero attached hydrogens (tertiary/aromatic N) is 1. The van der Waals surface area contributed by atoms with E-state index in [1.54, 1.807) is 0 Å². The Morgan fingerprint density at radius 2 is 1.80 bits per heavy atom. The summed E-state index contributed by atoms with van der Waals surface area (Å²) in [6.07, 6.45) is 0. The van der Waals surface area contributed by atoms with Gasteiger partial charge in [0.1, 0.15) is 12.4 Å². The Labute approximate surface area is 156 Å². The normalized spacial score (nSPS) is 11.1. The molecule has 0 aliphatic rings. The Balaban J connectivity index is 1.94. The zero-order valence-electron chi connectivity index (χ0n) is 15.5. The number of benzene rings is 2. The summed E-state index contributed by atoms with van der Waals surface area (Å²) in [5, 5.41) is 4.24. The first-order chi connectivity index (χ1) is 12.1. The third-order valence-electron chi connectivity index (χ3n) is 4.48. The molecule has 1 N–H and O–H groups in total. The first kappa shape index (κ1) is 19.8. The van der Waals surface area contributed by atoms with Gasteiger partial charge in [0, 0.05) is 30.2 Å². The number of rotatable bonds is 10. The van der Waals surface area contributed by atoms with Crippen LogP contribution in [0.25, 0.3) is 0 Å². The molecule has 2 aromatic carbocycles. The van der Waals surface area contributed by atoms with E-state index in [9.17, 15) is 0 Å². The summed E-state index contributed by atoms with van der Waals surface area (Å²) in [6.45, 7) is 12.0. The molecule has 0 atom stereocenters.